The molecule has 1 N–H and O–H groups in total. The van der Waals surface area contributed by atoms with E-state index in [9.17, 15) is 10.1 Å². The Kier molecular flexibility index (Phi) is 4.25. The molecule has 0 aliphatic carbocycles. The zero-order valence-corrected chi connectivity index (χ0v) is 12.1. The number of rotatable bonds is 4. The predicted octanol–water partition coefficient (Wildman–Crippen LogP) is 4.48. The van der Waals surface area contributed by atoms with Gasteiger partial charge < -0.3 is 5.32 Å². The lowest BCUT2D eigenvalue weighted by Gasteiger charge is -2.10. The van der Waals surface area contributed by atoms with Crippen molar-refractivity contribution in [1.29, 1.82) is 0 Å². The van der Waals surface area contributed by atoms with E-state index in [1.165, 1.54) is 6.07 Å². The fraction of sp³-hybridized carbons (Fsp3) is 0.200. The third-order valence-corrected chi connectivity index (χ3v) is 3.61. The minimum Gasteiger partial charge on any atom is -0.375 e. The molecule has 0 saturated carbocycles. The lowest BCUT2D eigenvalue weighted by Crippen LogP contribution is -2.04. The summed E-state index contributed by atoms with van der Waals surface area (Å²) in [5.74, 6) is 0. The van der Waals surface area contributed by atoms with Gasteiger partial charge in [-0.1, -0.05) is 35.9 Å². The van der Waals surface area contributed by atoms with Gasteiger partial charge in [0.1, 0.15) is 5.69 Å². The largest absolute Gasteiger partial charge is 0.375 e. The summed E-state index contributed by atoms with van der Waals surface area (Å²) >= 11 is 6.04. The summed E-state index contributed by atoms with van der Waals surface area (Å²) < 4.78 is 0. The number of nitro groups is 1. The summed E-state index contributed by atoms with van der Waals surface area (Å²) in [6.45, 7) is 4.28. The van der Waals surface area contributed by atoms with Crippen molar-refractivity contribution in [2.24, 2.45) is 0 Å². The molecular weight excluding hydrogens is 276 g/mol. The summed E-state index contributed by atoms with van der Waals surface area (Å²) in [5.41, 5.74) is 3.41. The van der Waals surface area contributed by atoms with Crippen LogP contribution in [0.3, 0.4) is 0 Å². The van der Waals surface area contributed by atoms with Crippen molar-refractivity contribution in [3.8, 4) is 0 Å². The van der Waals surface area contributed by atoms with Crippen LogP contribution in [0.5, 0.6) is 0 Å². The van der Waals surface area contributed by atoms with Crippen LogP contribution in [0.4, 0.5) is 11.4 Å². The predicted molar refractivity (Wildman–Crippen MR) is 81.3 cm³/mol. The monoisotopic (exact) mass is 290 g/mol. The Morgan fingerprint density at radius 2 is 1.90 bits per heavy atom. The number of aryl methyl sites for hydroxylation is 2. The molecule has 2 rings (SSSR count). The molecule has 4 nitrogen and oxygen atoms in total. The maximum absolute atomic E-state index is 11.1. The Balaban J connectivity index is 2.27. The molecule has 104 valence electrons. The highest BCUT2D eigenvalue weighted by atomic mass is 35.5. The fourth-order valence-corrected chi connectivity index (χ4v) is 2.12. The van der Waals surface area contributed by atoms with Crippen LogP contribution in [0.25, 0.3) is 0 Å². The first-order valence-electron chi connectivity index (χ1n) is 6.22. The van der Waals surface area contributed by atoms with Gasteiger partial charge in [0.15, 0.2) is 0 Å². The topological polar surface area (TPSA) is 55.2 Å². The first-order valence-corrected chi connectivity index (χ1v) is 6.59. The normalized spacial score (nSPS) is 10.3. The van der Waals surface area contributed by atoms with Crippen LogP contribution >= 0.6 is 11.6 Å². The molecule has 0 heterocycles. The summed E-state index contributed by atoms with van der Waals surface area (Å²) in [4.78, 5) is 10.7. The number of halogens is 1. The van der Waals surface area contributed by atoms with Crippen LogP contribution in [0.15, 0.2) is 36.4 Å². The lowest BCUT2D eigenvalue weighted by atomic mass is 10.1. The van der Waals surface area contributed by atoms with Crippen LogP contribution in [0.2, 0.25) is 5.02 Å². The van der Waals surface area contributed by atoms with Gasteiger partial charge in [0.05, 0.1) is 4.92 Å². The van der Waals surface area contributed by atoms with Crippen LogP contribution in [0.1, 0.15) is 16.7 Å². The van der Waals surface area contributed by atoms with E-state index in [1.807, 2.05) is 31.2 Å². The minimum absolute atomic E-state index is 0.0421. The molecule has 0 bridgehead atoms. The zero-order chi connectivity index (χ0) is 14.7. The number of anilines is 1. The van der Waals surface area contributed by atoms with Gasteiger partial charge in [-0.3, -0.25) is 10.1 Å². The maximum Gasteiger partial charge on any atom is 0.292 e. The molecule has 0 aromatic heterocycles. The molecule has 0 aliphatic rings. The van der Waals surface area contributed by atoms with Gasteiger partial charge in [0, 0.05) is 17.6 Å². The fourth-order valence-electron chi connectivity index (χ4n) is 1.96. The molecule has 0 fully saturated rings. The maximum atomic E-state index is 11.1. The number of benzene rings is 2. The Morgan fingerprint density at radius 1 is 1.20 bits per heavy atom. The molecule has 0 atom stereocenters. The second kappa shape index (κ2) is 5.92. The molecule has 0 amide bonds. The van der Waals surface area contributed by atoms with Crippen molar-refractivity contribution < 1.29 is 4.92 Å². The van der Waals surface area contributed by atoms with Crippen LogP contribution in [-0.4, -0.2) is 4.92 Å². The number of hydrogen-bond acceptors (Lipinski definition) is 3. The molecule has 5 heteroatoms. The van der Waals surface area contributed by atoms with E-state index in [4.69, 9.17) is 11.6 Å². The average molecular weight is 291 g/mol. The Labute approximate surface area is 122 Å². The smallest absolute Gasteiger partial charge is 0.292 e. The van der Waals surface area contributed by atoms with Crippen molar-refractivity contribution in [2.75, 3.05) is 5.32 Å². The third kappa shape index (κ3) is 3.08. The van der Waals surface area contributed by atoms with Crippen molar-refractivity contribution in [3.05, 3.63) is 68.2 Å². The van der Waals surface area contributed by atoms with Crippen molar-refractivity contribution >= 4 is 23.0 Å². The highest BCUT2D eigenvalue weighted by molar-refractivity contribution is 6.31. The van der Waals surface area contributed by atoms with Gasteiger partial charge in [-0.15, -0.1) is 0 Å². The van der Waals surface area contributed by atoms with Crippen molar-refractivity contribution in [3.63, 3.8) is 0 Å². The lowest BCUT2D eigenvalue weighted by molar-refractivity contribution is -0.384. The Bertz CT molecular complexity index is 656. The van der Waals surface area contributed by atoms with E-state index < -0.39 is 4.92 Å². The van der Waals surface area contributed by atoms with E-state index in [0.29, 0.717) is 22.8 Å². The Morgan fingerprint density at radius 3 is 2.55 bits per heavy atom. The first-order chi connectivity index (χ1) is 9.49. The SMILES string of the molecule is Cc1cc([N+](=O)[O-])c(NCc2ccccc2C)cc1Cl. The second-order valence-corrected chi connectivity index (χ2v) is 5.06. The number of nitrogens with one attached hydrogen (secondary N) is 1. The van der Waals surface area contributed by atoms with E-state index in [1.54, 1.807) is 13.0 Å². The van der Waals surface area contributed by atoms with Crippen LogP contribution in [0, 0.1) is 24.0 Å². The summed E-state index contributed by atoms with van der Waals surface area (Å²) in [7, 11) is 0. The second-order valence-electron chi connectivity index (χ2n) is 4.66. The molecule has 0 unspecified atom stereocenters. The highest BCUT2D eigenvalue weighted by Gasteiger charge is 2.16. The molecule has 0 spiro atoms. The van der Waals surface area contributed by atoms with Gasteiger partial charge in [0.2, 0.25) is 0 Å². The summed E-state index contributed by atoms with van der Waals surface area (Å²) in [6.07, 6.45) is 0. The molecule has 0 aliphatic heterocycles. The van der Waals surface area contributed by atoms with E-state index in [2.05, 4.69) is 5.32 Å². The molecule has 20 heavy (non-hydrogen) atoms. The molecule has 0 saturated heterocycles. The molecule has 2 aromatic rings. The van der Waals surface area contributed by atoms with Gasteiger partial charge in [-0.05, 0) is 36.6 Å². The summed E-state index contributed by atoms with van der Waals surface area (Å²) in [5, 5.41) is 14.7. The summed E-state index contributed by atoms with van der Waals surface area (Å²) in [6, 6.07) is 11.0. The van der Waals surface area contributed by atoms with Crippen LogP contribution in [-0.2, 0) is 6.54 Å². The van der Waals surface area contributed by atoms with E-state index >= 15 is 0 Å². The first kappa shape index (κ1) is 14.3. The Hall–Kier alpha value is -2.07. The van der Waals surface area contributed by atoms with Crippen molar-refractivity contribution in [1.82, 2.24) is 0 Å². The highest BCUT2D eigenvalue weighted by Crippen LogP contribution is 2.31. The van der Waals surface area contributed by atoms with Gasteiger partial charge in [0.25, 0.3) is 5.69 Å². The standard InChI is InChI=1S/C15H15ClN2O2/c1-10-5-3-4-6-12(10)9-17-14-8-13(16)11(2)7-15(14)18(19)20/h3-8,17H,9H2,1-2H3. The van der Waals surface area contributed by atoms with Gasteiger partial charge in [-0.25, -0.2) is 0 Å². The number of nitrogens with zero attached hydrogens (tertiary/aromatic N) is 1. The van der Waals surface area contributed by atoms with Gasteiger partial charge >= 0.3 is 0 Å². The quantitative estimate of drug-likeness (QED) is 0.667. The number of hydrogen-bond donors (Lipinski definition) is 1. The molecular formula is C15H15ClN2O2. The zero-order valence-electron chi connectivity index (χ0n) is 11.3. The minimum atomic E-state index is -0.399. The molecule has 0 radical (unpaired) electrons. The van der Waals surface area contributed by atoms with Crippen LogP contribution < -0.4 is 5.32 Å². The van der Waals surface area contributed by atoms with Crippen molar-refractivity contribution in [2.45, 2.75) is 20.4 Å². The average Bonchev–Trinajstić information content (AvgIpc) is 2.41. The number of nitro benzene ring substituents is 1. The van der Waals surface area contributed by atoms with Gasteiger partial charge in [-0.2, -0.15) is 0 Å². The molecule has 2 aromatic carbocycles. The van der Waals surface area contributed by atoms with E-state index in [-0.39, 0.29) is 5.69 Å². The van der Waals surface area contributed by atoms with E-state index in [0.717, 1.165) is 11.1 Å². The third-order valence-electron chi connectivity index (χ3n) is 3.20.